The van der Waals surface area contributed by atoms with Crippen LogP contribution in [0.2, 0.25) is 10.0 Å². The first-order valence-corrected chi connectivity index (χ1v) is 11.7. The highest BCUT2D eigenvalue weighted by Crippen LogP contribution is 2.65. The minimum atomic E-state index is -1.41. The fraction of sp³-hybridized carbons (Fsp3) is 0.120. The number of benzene rings is 3. The summed E-state index contributed by atoms with van der Waals surface area (Å²) in [7, 11) is 0. The quantitative estimate of drug-likeness (QED) is 0.304. The van der Waals surface area contributed by atoms with E-state index in [1.807, 2.05) is 0 Å². The maximum Gasteiger partial charge on any atom is 0.257 e. The molecule has 0 bridgehead atoms. The molecule has 2 N–H and O–H groups in total. The lowest BCUT2D eigenvalue weighted by molar-refractivity contribution is -0.117. The number of alkyl halides is 2. The monoisotopic (exact) mass is 554 g/mol. The summed E-state index contributed by atoms with van der Waals surface area (Å²) in [6, 6.07) is 14.1. The second-order valence-electron chi connectivity index (χ2n) is 7.92. The molecule has 3 aromatic rings. The first-order valence-electron chi connectivity index (χ1n) is 10.2. The summed E-state index contributed by atoms with van der Waals surface area (Å²) in [5.41, 5.74) is 1.47. The van der Waals surface area contributed by atoms with E-state index in [4.69, 9.17) is 46.4 Å². The molecule has 180 valence electrons. The molecule has 2 unspecified atom stereocenters. The number of carbonyl (C=O) groups excluding carboxylic acids is 2. The van der Waals surface area contributed by atoms with Crippen molar-refractivity contribution in [1.82, 2.24) is 0 Å². The highest BCUT2D eigenvalue weighted by Gasteiger charge is 2.67. The number of rotatable bonds is 6. The van der Waals surface area contributed by atoms with Crippen molar-refractivity contribution >= 4 is 75.4 Å². The molecule has 4 rings (SSSR count). The lowest BCUT2D eigenvalue weighted by atomic mass is 10.1. The van der Waals surface area contributed by atoms with E-state index in [-0.39, 0.29) is 21.2 Å². The molecule has 1 aliphatic carbocycles. The standard InChI is InChI=1S/C25H16Cl4F2N2O2/c1-12(30)17-8-2-13(10-20(17)27)21-22(25(21,28)29)24(35)33-16-7-9-19(26)18(11-16)23(34)32-15-5-3-14(31)4-6-15/h2-11,21-22H,1H2,(H,32,34)(H,33,35). The Morgan fingerprint density at radius 2 is 1.51 bits per heavy atom. The van der Waals surface area contributed by atoms with Gasteiger partial charge in [-0.25, -0.2) is 8.78 Å². The summed E-state index contributed by atoms with van der Waals surface area (Å²) in [6.45, 7) is 3.23. The number of nitrogens with one attached hydrogen (secondary N) is 2. The van der Waals surface area contributed by atoms with Crippen molar-refractivity contribution in [3.63, 3.8) is 0 Å². The van der Waals surface area contributed by atoms with Crippen LogP contribution in [0, 0.1) is 11.7 Å². The van der Waals surface area contributed by atoms with Crippen LogP contribution >= 0.6 is 46.4 Å². The van der Waals surface area contributed by atoms with Gasteiger partial charge in [-0.3, -0.25) is 9.59 Å². The minimum absolute atomic E-state index is 0.0953. The number of hydrogen-bond acceptors (Lipinski definition) is 2. The third-order valence-corrected chi connectivity index (χ3v) is 7.14. The third kappa shape index (κ3) is 5.31. The van der Waals surface area contributed by atoms with Gasteiger partial charge in [-0.2, -0.15) is 0 Å². The predicted molar refractivity (Wildman–Crippen MR) is 137 cm³/mol. The van der Waals surface area contributed by atoms with E-state index >= 15 is 0 Å². The number of carbonyl (C=O) groups is 2. The Labute approximate surface area is 219 Å². The van der Waals surface area contributed by atoms with E-state index in [0.29, 0.717) is 16.9 Å². The molecule has 1 aliphatic rings. The number of hydrogen-bond donors (Lipinski definition) is 2. The predicted octanol–water partition coefficient (Wildman–Crippen LogP) is 7.85. The average molecular weight is 556 g/mol. The molecule has 0 spiro atoms. The van der Waals surface area contributed by atoms with Gasteiger partial charge in [-0.05, 0) is 54.1 Å². The molecule has 10 heteroatoms. The van der Waals surface area contributed by atoms with E-state index in [0.717, 1.165) is 0 Å². The maximum absolute atomic E-state index is 13.5. The normalized spacial score (nSPS) is 18.0. The zero-order chi connectivity index (χ0) is 25.5. The lowest BCUT2D eigenvalue weighted by Crippen LogP contribution is -2.18. The molecule has 0 aromatic heterocycles. The van der Waals surface area contributed by atoms with E-state index in [1.165, 1.54) is 54.6 Å². The zero-order valence-electron chi connectivity index (χ0n) is 17.7. The van der Waals surface area contributed by atoms with Gasteiger partial charge in [0.25, 0.3) is 5.91 Å². The van der Waals surface area contributed by atoms with Crippen LogP contribution in [0.5, 0.6) is 0 Å². The summed E-state index contributed by atoms with van der Waals surface area (Å²) in [5.74, 6) is -3.56. The zero-order valence-corrected chi connectivity index (χ0v) is 20.7. The topological polar surface area (TPSA) is 58.2 Å². The molecular formula is C25H16Cl4F2N2O2. The Morgan fingerprint density at radius 3 is 2.14 bits per heavy atom. The lowest BCUT2D eigenvalue weighted by Gasteiger charge is -2.10. The Morgan fingerprint density at radius 1 is 0.857 bits per heavy atom. The Bertz CT molecular complexity index is 1350. The summed E-state index contributed by atoms with van der Waals surface area (Å²) in [6.07, 6.45) is 0. The second kappa shape index (κ2) is 9.78. The van der Waals surface area contributed by atoms with Gasteiger partial charge < -0.3 is 10.6 Å². The smallest absolute Gasteiger partial charge is 0.257 e. The second-order valence-corrected chi connectivity index (χ2v) is 10.2. The molecule has 0 radical (unpaired) electrons. The molecule has 4 nitrogen and oxygen atoms in total. The van der Waals surface area contributed by atoms with Crippen LogP contribution in [0.15, 0.2) is 67.2 Å². The SMILES string of the molecule is C=C(F)c1ccc(C2C(C(=O)Nc3ccc(Cl)c(C(=O)Nc4ccc(F)cc4)c3)C2(Cl)Cl)cc1Cl. The van der Waals surface area contributed by atoms with Crippen LogP contribution in [0.1, 0.15) is 27.4 Å². The van der Waals surface area contributed by atoms with Gasteiger partial charge in [-0.1, -0.05) is 41.9 Å². The van der Waals surface area contributed by atoms with Crippen LogP contribution in [-0.2, 0) is 4.79 Å². The molecule has 3 aromatic carbocycles. The van der Waals surface area contributed by atoms with Crippen LogP contribution in [-0.4, -0.2) is 16.1 Å². The van der Waals surface area contributed by atoms with E-state index in [9.17, 15) is 18.4 Å². The highest BCUT2D eigenvalue weighted by molar-refractivity contribution is 6.53. The highest BCUT2D eigenvalue weighted by atomic mass is 35.5. The molecule has 0 saturated heterocycles. The number of amides is 2. The van der Waals surface area contributed by atoms with Crippen molar-refractivity contribution < 1.29 is 18.4 Å². The third-order valence-electron chi connectivity index (χ3n) is 5.56. The summed E-state index contributed by atoms with van der Waals surface area (Å²) < 4.78 is 25.1. The van der Waals surface area contributed by atoms with Gasteiger partial charge in [-0.15, -0.1) is 23.2 Å². The van der Waals surface area contributed by atoms with Gasteiger partial charge in [0, 0.05) is 22.9 Å². The fourth-order valence-corrected chi connectivity index (χ4v) is 5.06. The molecule has 0 heterocycles. The van der Waals surface area contributed by atoms with Gasteiger partial charge in [0.2, 0.25) is 5.91 Å². The van der Waals surface area contributed by atoms with Crippen LogP contribution < -0.4 is 10.6 Å². The average Bonchev–Trinajstić information content (AvgIpc) is 3.38. The summed E-state index contributed by atoms with van der Waals surface area (Å²) in [4.78, 5) is 25.6. The molecule has 1 saturated carbocycles. The molecular weight excluding hydrogens is 540 g/mol. The van der Waals surface area contributed by atoms with Gasteiger partial charge in [0.15, 0.2) is 0 Å². The van der Waals surface area contributed by atoms with E-state index in [1.54, 1.807) is 6.07 Å². The van der Waals surface area contributed by atoms with E-state index < -0.39 is 39.6 Å². The maximum atomic E-state index is 13.5. The van der Waals surface area contributed by atoms with Crippen molar-refractivity contribution in [2.45, 2.75) is 10.3 Å². The fourth-order valence-electron chi connectivity index (χ4n) is 3.74. The minimum Gasteiger partial charge on any atom is -0.326 e. The largest absolute Gasteiger partial charge is 0.326 e. The van der Waals surface area contributed by atoms with Crippen molar-refractivity contribution in [1.29, 1.82) is 0 Å². The van der Waals surface area contributed by atoms with Crippen LogP contribution in [0.25, 0.3) is 5.83 Å². The Kier molecular flexibility index (Phi) is 7.11. The molecule has 2 amide bonds. The Hall–Kier alpha value is -2.64. The molecule has 2 atom stereocenters. The van der Waals surface area contributed by atoms with E-state index in [2.05, 4.69) is 17.2 Å². The number of anilines is 2. The van der Waals surface area contributed by atoms with Crippen molar-refractivity contribution in [2.75, 3.05) is 10.6 Å². The summed E-state index contributed by atoms with van der Waals surface area (Å²) >= 11 is 25.1. The Balaban J connectivity index is 1.50. The summed E-state index contributed by atoms with van der Waals surface area (Å²) in [5, 5.41) is 5.58. The van der Waals surface area contributed by atoms with Crippen molar-refractivity contribution in [3.05, 3.63) is 99.8 Å². The first-order chi connectivity index (χ1) is 16.5. The number of halogens is 6. The van der Waals surface area contributed by atoms with Gasteiger partial charge in [0.1, 0.15) is 16.0 Å². The molecule has 1 fully saturated rings. The van der Waals surface area contributed by atoms with Crippen molar-refractivity contribution in [2.24, 2.45) is 5.92 Å². The van der Waals surface area contributed by atoms with Crippen molar-refractivity contribution in [3.8, 4) is 0 Å². The van der Waals surface area contributed by atoms with Crippen LogP contribution in [0.4, 0.5) is 20.2 Å². The first kappa shape index (κ1) is 25.5. The molecule has 0 aliphatic heterocycles. The molecule has 35 heavy (non-hydrogen) atoms. The van der Waals surface area contributed by atoms with Gasteiger partial charge >= 0.3 is 0 Å². The van der Waals surface area contributed by atoms with Crippen LogP contribution in [0.3, 0.4) is 0 Å². The van der Waals surface area contributed by atoms with Gasteiger partial charge in [0.05, 0.1) is 21.5 Å².